The second-order valence-corrected chi connectivity index (χ2v) is 4.15. The monoisotopic (exact) mass is 236 g/mol. The fraction of sp³-hybridized carbons (Fsp3) is 0.400. The molecule has 1 nitrogen and oxygen atoms in total. The van der Waals surface area contributed by atoms with Gasteiger partial charge >= 0.3 is 6.18 Å². The van der Waals surface area contributed by atoms with Crippen LogP contribution in [0.4, 0.5) is 13.2 Å². The molecule has 2 atom stereocenters. The summed E-state index contributed by atoms with van der Waals surface area (Å²) in [4.78, 5) is 0. The van der Waals surface area contributed by atoms with E-state index >= 15 is 0 Å². The van der Waals surface area contributed by atoms with E-state index in [-0.39, 0.29) is 5.56 Å². The van der Waals surface area contributed by atoms with Crippen molar-refractivity contribution in [3.05, 3.63) is 34.3 Å². The Balaban J connectivity index is 2.55. The number of alkyl halides is 3. The Hall–Kier alpha value is -0.740. The van der Waals surface area contributed by atoms with E-state index in [1.807, 2.05) is 0 Å². The highest BCUT2D eigenvalue weighted by Gasteiger charge is 2.65. The summed E-state index contributed by atoms with van der Waals surface area (Å²) >= 11 is 5.66. The van der Waals surface area contributed by atoms with Crippen molar-refractivity contribution < 1.29 is 18.3 Å². The SMILES string of the molecule is CC1c2cc(Cl)ccc2C1(O)C(F)(F)F. The largest absolute Gasteiger partial charge is 0.422 e. The molecule has 0 spiro atoms. The molecule has 2 unspecified atom stereocenters. The first-order chi connectivity index (χ1) is 6.78. The van der Waals surface area contributed by atoms with Gasteiger partial charge in [0.25, 0.3) is 0 Å². The topological polar surface area (TPSA) is 20.2 Å². The number of aliphatic hydroxyl groups is 1. The molecule has 1 aromatic carbocycles. The average molecular weight is 237 g/mol. The summed E-state index contributed by atoms with van der Waals surface area (Å²) in [5.41, 5.74) is -2.35. The number of benzene rings is 1. The van der Waals surface area contributed by atoms with Gasteiger partial charge in [-0.25, -0.2) is 0 Å². The molecule has 0 heterocycles. The predicted molar refractivity (Wildman–Crippen MR) is 49.8 cm³/mol. The molecule has 0 saturated heterocycles. The zero-order valence-electron chi connectivity index (χ0n) is 7.77. The minimum absolute atomic E-state index is 0.0908. The molecule has 0 radical (unpaired) electrons. The van der Waals surface area contributed by atoms with Crippen LogP contribution in [0.1, 0.15) is 24.0 Å². The van der Waals surface area contributed by atoms with Crippen molar-refractivity contribution in [2.75, 3.05) is 0 Å². The van der Waals surface area contributed by atoms with Crippen LogP contribution in [0.15, 0.2) is 18.2 Å². The summed E-state index contributed by atoms with van der Waals surface area (Å²) < 4.78 is 37.9. The first kappa shape index (κ1) is 10.8. The molecular weight excluding hydrogens is 229 g/mol. The van der Waals surface area contributed by atoms with Crippen LogP contribution in [-0.4, -0.2) is 11.3 Å². The third-order valence-electron chi connectivity index (χ3n) is 2.95. The Morgan fingerprint density at radius 1 is 1.40 bits per heavy atom. The Kier molecular flexibility index (Phi) is 2.07. The van der Waals surface area contributed by atoms with Crippen LogP contribution in [0.3, 0.4) is 0 Å². The van der Waals surface area contributed by atoms with Crippen molar-refractivity contribution in [3.63, 3.8) is 0 Å². The second-order valence-electron chi connectivity index (χ2n) is 3.72. The number of hydrogen-bond acceptors (Lipinski definition) is 1. The molecule has 2 rings (SSSR count). The quantitative estimate of drug-likeness (QED) is 0.733. The number of hydrogen-bond donors (Lipinski definition) is 1. The van der Waals surface area contributed by atoms with E-state index in [1.54, 1.807) is 0 Å². The lowest BCUT2D eigenvalue weighted by molar-refractivity contribution is -0.285. The van der Waals surface area contributed by atoms with Crippen LogP contribution < -0.4 is 0 Å². The highest BCUT2D eigenvalue weighted by Crippen LogP contribution is 2.58. The fourth-order valence-electron chi connectivity index (χ4n) is 2.02. The zero-order chi connectivity index (χ0) is 11.4. The minimum atomic E-state index is -4.65. The molecule has 0 aromatic heterocycles. The summed E-state index contributed by atoms with van der Waals surface area (Å²) in [7, 11) is 0. The summed E-state index contributed by atoms with van der Waals surface area (Å²) in [6.45, 7) is 1.34. The summed E-state index contributed by atoms with van der Waals surface area (Å²) in [5, 5.41) is 9.97. The van der Waals surface area contributed by atoms with Crippen molar-refractivity contribution in [3.8, 4) is 0 Å². The van der Waals surface area contributed by atoms with Gasteiger partial charge in [-0.2, -0.15) is 13.2 Å². The summed E-state index contributed by atoms with van der Waals surface area (Å²) in [6, 6.07) is 4.04. The van der Waals surface area contributed by atoms with E-state index in [0.29, 0.717) is 10.6 Å². The number of fused-ring (bicyclic) bond motifs is 1. The van der Waals surface area contributed by atoms with Gasteiger partial charge in [0, 0.05) is 10.9 Å². The molecule has 1 aliphatic carbocycles. The normalized spacial score (nSPS) is 29.6. The van der Waals surface area contributed by atoms with Gasteiger partial charge in [-0.3, -0.25) is 0 Å². The molecule has 0 fully saturated rings. The third kappa shape index (κ3) is 1.21. The van der Waals surface area contributed by atoms with Crippen molar-refractivity contribution in [2.24, 2.45) is 0 Å². The molecule has 15 heavy (non-hydrogen) atoms. The molecular formula is C10H8ClF3O. The lowest BCUT2D eigenvalue weighted by Crippen LogP contribution is -2.53. The van der Waals surface area contributed by atoms with Crippen LogP contribution in [-0.2, 0) is 5.60 Å². The Bertz CT molecular complexity index is 416. The van der Waals surface area contributed by atoms with E-state index in [4.69, 9.17) is 11.6 Å². The lowest BCUT2D eigenvalue weighted by Gasteiger charge is -2.46. The molecule has 82 valence electrons. The second kappa shape index (κ2) is 2.89. The van der Waals surface area contributed by atoms with Crippen molar-refractivity contribution in [1.82, 2.24) is 0 Å². The van der Waals surface area contributed by atoms with E-state index in [9.17, 15) is 18.3 Å². The smallest absolute Gasteiger partial charge is 0.376 e. The Morgan fingerprint density at radius 2 is 2.00 bits per heavy atom. The first-order valence-corrected chi connectivity index (χ1v) is 4.75. The van der Waals surface area contributed by atoms with Gasteiger partial charge in [0.15, 0.2) is 5.60 Å². The van der Waals surface area contributed by atoms with Crippen LogP contribution in [0.2, 0.25) is 5.02 Å². The molecule has 1 aromatic rings. The molecule has 0 aliphatic heterocycles. The summed E-state index contributed by atoms with van der Waals surface area (Å²) in [6.07, 6.45) is -4.65. The third-order valence-corrected chi connectivity index (χ3v) is 3.18. The van der Waals surface area contributed by atoms with Crippen LogP contribution in [0.25, 0.3) is 0 Å². The molecule has 1 N–H and O–H groups in total. The van der Waals surface area contributed by atoms with Gasteiger partial charge in [0.1, 0.15) is 0 Å². The maximum atomic E-state index is 12.6. The van der Waals surface area contributed by atoms with Gasteiger partial charge in [-0.15, -0.1) is 0 Å². The van der Waals surface area contributed by atoms with E-state index in [2.05, 4.69) is 0 Å². The maximum absolute atomic E-state index is 12.6. The van der Waals surface area contributed by atoms with E-state index < -0.39 is 17.7 Å². The van der Waals surface area contributed by atoms with E-state index in [0.717, 1.165) is 0 Å². The Labute approximate surface area is 89.5 Å². The van der Waals surface area contributed by atoms with Crippen LogP contribution in [0, 0.1) is 0 Å². The van der Waals surface area contributed by atoms with Gasteiger partial charge in [-0.1, -0.05) is 24.6 Å². The van der Waals surface area contributed by atoms with E-state index in [1.165, 1.54) is 25.1 Å². The lowest BCUT2D eigenvalue weighted by atomic mass is 9.64. The van der Waals surface area contributed by atoms with Crippen LogP contribution >= 0.6 is 11.6 Å². The fourth-order valence-corrected chi connectivity index (χ4v) is 2.20. The average Bonchev–Trinajstić information content (AvgIpc) is 2.14. The van der Waals surface area contributed by atoms with Crippen molar-refractivity contribution >= 4 is 11.6 Å². The number of halogens is 4. The highest BCUT2D eigenvalue weighted by molar-refractivity contribution is 6.30. The predicted octanol–water partition coefficient (Wildman–Crippen LogP) is 3.21. The molecule has 5 heteroatoms. The van der Waals surface area contributed by atoms with Gasteiger partial charge < -0.3 is 5.11 Å². The molecule has 1 aliphatic rings. The molecule has 0 bridgehead atoms. The standard InChI is InChI=1S/C10H8ClF3O/c1-5-7-4-6(11)2-3-8(7)9(5,15)10(12,13)14/h2-5,15H,1H3. The number of rotatable bonds is 0. The van der Waals surface area contributed by atoms with Crippen molar-refractivity contribution in [1.29, 1.82) is 0 Å². The van der Waals surface area contributed by atoms with Gasteiger partial charge in [0.05, 0.1) is 0 Å². The van der Waals surface area contributed by atoms with Gasteiger partial charge in [-0.05, 0) is 23.3 Å². The Morgan fingerprint density at radius 3 is 2.53 bits per heavy atom. The summed E-state index contributed by atoms with van der Waals surface area (Å²) in [5.74, 6) is -0.966. The maximum Gasteiger partial charge on any atom is 0.422 e. The first-order valence-electron chi connectivity index (χ1n) is 4.37. The zero-order valence-corrected chi connectivity index (χ0v) is 8.52. The highest BCUT2D eigenvalue weighted by atomic mass is 35.5. The van der Waals surface area contributed by atoms with Crippen LogP contribution in [0.5, 0.6) is 0 Å². The molecule has 0 amide bonds. The van der Waals surface area contributed by atoms with Crippen molar-refractivity contribution in [2.45, 2.75) is 24.6 Å². The minimum Gasteiger partial charge on any atom is -0.376 e. The van der Waals surface area contributed by atoms with Gasteiger partial charge in [0.2, 0.25) is 0 Å². The molecule has 0 saturated carbocycles.